The third kappa shape index (κ3) is 3.19. The van der Waals surface area contributed by atoms with Gasteiger partial charge in [0.25, 0.3) is 0 Å². The lowest BCUT2D eigenvalue weighted by molar-refractivity contribution is -0.138. The first kappa shape index (κ1) is 14.4. The van der Waals surface area contributed by atoms with E-state index in [0.29, 0.717) is 17.8 Å². The van der Waals surface area contributed by atoms with Gasteiger partial charge in [0.1, 0.15) is 0 Å². The molecule has 0 radical (unpaired) electrons. The molecule has 1 atom stereocenters. The molecule has 2 saturated carbocycles. The Morgan fingerprint density at radius 2 is 1.75 bits per heavy atom. The van der Waals surface area contributed by atoms with Gasteiger partial charge in [0.15, 0.2) is 0 Å². The minimum absolute atomic E-state index is 0.368. The summed E-state index contributed by atoms with van der Waals surface area (Å²) in [7, 11) is 0. The Morgan fingerprint density at radius 3 is 2.40 bits per heavy atom. The van der Waals surface area contributed by atoms with Gasteiger partial charge in [0, 0.05) is 19.0 Å². The quantitative estimate of drug-likeness (QED) is 0.857. The topological polar surface area (TPSA) is 40.5 Å². The maximum atomic E-state index is 10.9. The number of carbonyl (C=O) groups is 1. The molecule has 1 aliphatic heterocycles. The van der Waals surface area contributed by atoms with Crippen LogP contribution in [0.25, 0.3) is 0 Å². The second-order valence-corrected chi connectivity index (χ2v) is 7.54. The van der Waals surface area contributed by atoms with Crippen LogP contribution in [-0.2, 0) is 4.79 Å². The van der Waals surface area contributed by atoms with Gasteiger partial charge in [-0.05, 0) is 69.2 Å². The maximum Gasteiger partial charge on any atom is 0.303 e. The number of likely N-dealkylation sites (tertiary alicyclic amines) is 1. The molecule has 0 amide bonds. The summed E-state index contributed by atoms with van der Waals surface area (Å²) < 4.78 is 0. The number of rotatable bonds is 3. The summed E-state index contributed by atoms with van der Waals surface area (Å²) in [4.78, 5) is 13.5. The van der Waals surface area contributed by atoms with E-state index in [1.807, 2.05) is 0 Å². The zero-order valence-electron chi connectivity index (χ0n) is 12.6. The number of hydrogen-bond donors (Lipinski definition) is 1. The van der Waals surface area contributed by atoms with Crippen LogP contribution in [0.5, 0.6) is 0 Å². The number of carboxylic acids is 1. The second-order valence-electron chi connectivity index (χ2n) is 7.54. The van der Waals surface area contributed by atoms with Crippen LogP contribution >= 0.6 is 0 Å². The third-order valence-corrected chi connectivity index (χ3v) is 6.21. The fraction of sp³-hybridized carbons (Fsp3) is 0.941. The lowest BCUT2D eigenvalue weighted by Gasteiger charge is -2.44. The summed E-state index contributed by atoms with van der Waals surface area (Å²) >= 11 is 0. The van der Waals surface area contributed by atoms with E-state index in [0.717, 1.165) is 19.0 Å². The summed E-state index contributed by atoms with van der Waals surface area (Å²) in [6, 6.07) is 0.748. The summed E-state index contributed by atoms with van der Waals surface area (Å²) in [5.41, 5.74) is 0.715. The van der Waals surface area contributed by atoms with Crippen molar-refractivity contribution in [2.75, 3.05) is 13.1 Å². The van der Waals surface area contributed by atoms with Crippen LogP contribution in [-0.4, -0.2) is 35.1 Å². The van der Waals surface area contributed by atoms with Crippen LogP contribution in [0, 0.1) is 11.3 Å². The first-order valence-electron chi connectivity index (χ1n) is 8.63. The molecule has 3 nitrogen and oxygen atoms in total. The van der Waals surface area contributed by atoms with Crippen LogP contribution in [0.2, 0.25) is 0 Å². The van der Waals surface area contributed by atoms with Crippen molar-refractivity contribution in [1.29, 1.82) is 0 Å². The molecule has 20 heavy (non-hydrogen) atoms. The largest absolute Gasteiger partial charge is 0.481 e. The molecule has 114 valence electrons. The van der Waals surface area contributed by atoms with E-state index < -0.39 is 5.97 Å². The molecule has 1 spiro atoms. The Morgan fingerprint density at radius 1 is 1.05 bits per heavy atom. The SMILES string of the molecule is O=C(O)CC1CCCN(C2CCC3(CCCC3)CC2)C1. The van der Waals surface area contributed by atoms with Gasteiger partial charge in [0.2, 0.25) is 0 Å². The number of nitrogens with zero attached hydrogens (tertiary/aromatic N) is 1. The van der Waals surface area contributed by atoms with E-state index in [4.69, 9.17) is 5.11 Å². The van der Waals surface area contributed by atoms with Crippen molar-refractivity contribution in [1.82, 2.24) is 4.90 Å². The monoisotopic (exact) mass is 279 g/mol. The van der Waals surface area contributed by atoms with Crippen molar-refractivity contribution < 1.29 is 9.90 Å². The number of hydrogen-bond acceptors (Lipinski definition) is 2. The molecule has 1 N–H and O–H groups in total. The lowest BCUT2D eigenvalue weighted by Crippen LogP contribution is -2.45. The van der Waals surface area contributed by atoms with Crippen LogP contribution in [0.1, 0.15) is 70.6 Å². The average Bonchev–Trinajstić information content (AvgIpc) is 2.87. The van der Waals surface area contributed by atoms with Crippen molar-refractivity contribution in [3.8, 4) is 0 Å². The number of carboxylic acid groups (broad SMARTS) is 1. The van der Waals surface area contributed by atoms with E-state index in [1.165, 1.54) is 64.3 Å². The van der Waals surface area contributed by atoms with Gasteiger partial charge in [0.05, 0.1) is 0 Å². The minimum Gasteiger partial charge on any atom is -0.481 e. The molecule has 0 aromatic rings. The normalized spacial score (nSPS) is 31.7. The Bertz CT molecular complexity index is 339. The molecule has 0 aromatic carbocycles. The van der Waals surface area contributed by atoms with Gasteiger partial charge in [-0.1, -0.05) is 12.8 Å². The zero-order chi connectivity index (χ0) is 14.0. The molecule has 3 aliphatic rings. The minimum atomic E-state index is -0.620. The van der Waals surface area contributed by atoms with Crippen molar-refractivity contribution in [2.45, 2.75) is 76.7 Å². The standard InChI is InChI=1S/C17H29NO2/c19-16(20)12-14-4-3-11-18(13-14)15-5-9-17(10-6-15)7-1-2-8-17/h14-15H,1-13H2,(H,19,20). The van der Waals surface area contributed by atoms with Crippen molar-refractivity contribution in [3.63, 3.8) is 0 Å². The summed E-state index contributed by atoms with van der Waals surface area (Å²) in [5.74, 6) is -0.228. The lowest BCUT2D eigenvalue weighted by atomic mass is 9.71. The Hall–Kier alpha value is -0.570. The molecule has 2 aliphatic carbocycles. The first-order chi connectivity index (χ1) is 9.67. The maximum absolute atomic E-state index is 10.9. The molecule has 3 rings (SSSR count). The van der Waals surface area contributed by atoms with Gasteiger partial charge in [-0.15, -0.1) is 0 Å². The Labute approximate surface area is 122 Å². The highest BCUT2D eigenvalue weighted by Gasteiger charge is 2.39. The fourth-order valence-electron chi connectivity index (χ4n) is 5.05. The first-order valence-corrected chi connectivity index (χ1v) is 8.63. The molecule has 3 heteroatoms. The molecule has 1 heterocycles. The number of aliphatic carboxylic acids is 1. The van der Waals surface area contributed by atoms with E-state index in [9.17, 15) is 4.79 Å². The average molecular weight is 279 g/mol. The summed E-state index contributed by atoms with van der Waals surface area (Å²) in [6.07, 6.45) is 14.1. The fourth-order valence-corrected chi connectivity index (χ4v) is 5.05. The van der Waals surface area contributed by atoms with E-state index in [1.54, 1.807) is 0 Å². The summed E-state index contributed by atoms with van der Waals surface area (Å²) in [5, 5.41) is 8.98. The third-order valence-electron chi connectivity index (χ3n) is 6.21. The number of piperidine rings is 1. The van der Waals surface area contributed by atoms with E-state index >= 15 is 0 Å². The van der Waals surface area contributed by atoms with Crippen LogP contribution < -0.4 is 0 Å². The van der Waals surface area contributed by atoms with Crippen LogP contribution in [0.15, 0.2) is 0 Å². The summed E-state index contributed by atoms with van der Waals surface area (Å²) in [6.45, 7) is 2.23. The zero-order valence-corrected chi connectivity index (χ0v) is 12.6. The van der Waals surface area contributed by atoms with Gasteiger partial charge in [-0.3, -0.25) is 4.79 Å². The van der Waals surface area contributed by atoms with Gasteiger partial charge in [-0.25, -0.2) is 0 Å². The highest BCUT2D eigenvalue weighted by atomic mass is 16.4. The van der Waals surface area contributed by atoms with E-state index in [2.05, 4.69) is 4.90 Å². The van der Waals surface area contributed by atoms with Gasteiger partial charge >= 0.3 is 5.97 Å². The molecule has 0 aromatic heterocycles. The van der Waals surface area contributed by atoms with Gasteiger partial charge < -0.3 is 10.0 Å². The second kappa shape index (κ2) is 6.05. The van der Waals surface area contributed by atoms with E-state index in [-0.39, 0.29) is 0 Å². The highest BCUT2D eigenvalue weighted by molar-refractivity contribution is 5.67. The Kier molecular flexibility index (Phi) is 4.34. The predicted molar refractivity (Wildman–Crippen MR) is 79.7 cm³/mol. The van der Waals surface area contributed by atoms with Crippen molar-refractivity contribution >= 4 is 5.97 Å². The smallest absolute Gasteiger partial charge is 0.303 e. The molecular weight excluding hydrogens is 250 g/mol. The predicted octanol–water partition coefficient (Wildman–Crippen LogP) is 3.68. The van der Waals surface area contributed by atoms with Crippen molar-refractivity contribution in [2.24, 2.45) is 11.3 Å². The highest BCUT2D eigenvalue weighted by Crippen LogP contribution is 2.49. The molecule has 3 fully saturated rings. The van der Waals surface area contributed by atoms with Crippen LogP contribution in [0.4, 0.5) is 0 Å². The molecular formula is C17H29NO2. The molecule has 0 bridgehead atoms. The van der Waals surface area contributed by atoms with Crippen LogP contribution in [0.3, 0.4) is 0 Å². The van der Waals surface area contributed by atoms with Gasteiger partial charge in [-0.2, -0.15) is 0 Å². The molecule has 1 saturated heterocycles. The van der Waals surface area contributed by atoms with Crippen molar-refractivity contribution in [3.05, 3.63) is 0 Å². The Balaban J connectivity index is 1.51. The molecule has 1 unspecified atom stereocenters.